The smallest absolute Gasteiger partial charge is 0.237 e. The van der Waals surface area contributed by atoms with E-state index in [-0.39, 0.29) is 0 Å². The maximum Gasteiger partial charge on any atom is 0.237 e. The van der Waals surface area contributed by atoms with Crippen molar-refractivity contribution in [3.63, 3.8) is 0 Å². The number of hydrogen-bond acceptors (Lipinski definition) is 3. The third-order valence-corrected chi connectivity index (χ3v) is 3.03. The molecule has 1 aromatic heterocycles. The molecule has 14 heavy (non-hydrogen) atoms. The lowest BCUT2D eigenvalue weighted by Crippen LogP contribution is -2.28. The highest BCUT2D eigenvalue weighted by atomic mass is 16.5. The van der Waals surface area contributed by atoms with Crippen LogP contribution in [-0.2, 0) is 0 Å². The summed E-state index contributed by atoms with van der Waals surface area (Å²) in [4.78, 5) is 4.09. The third kappa shape index (κ3) is 1.81. The zero-order chi connectivity index (χ0) is 9.97. The van der Waals surface area contributed by atoms with Crippen LogP contribution in [-0.4, -0.2) is 11.6 Å². The van der Waals surface area contributed by atoms with Crippen molar-refractivity contribution in [2.45, 2.75) is 19.8 Å². The minimum Gasteiger partial charge on any atom is -0.476 e. The molecule has 1 fully saturated rings. The summed E-state index contributed by atoms with van der Waals surface area (Å²) in [5.74, 6) is 2.06. The summed E-state index contributed by atoms with van der Waals surface area (Å²) < 4.78 is 5.58. The lowest BCUT2D eigenvalue weighted by atomic mass is 9.75. The van der Waals surface area contributed by atoms with Crippen LogP contribution in [0.25, 0.3) is 0 Å². The molecule has 3 nitrogen and oxygen atoms in total. The minimum atomic E-state index is 0.576. The maximum atomic E-state index is 5.71. The molecule has 1 saturated carbocycles. The molecule has 0 saturated heterocycles. The number of pyridine rings is 1. The van der Waals surface area contributed by atoms with Gasteiger partial charge in [0.2, 0.25) is 5.88 Å². The van der Waals surface area contributed by atoms with Gasteiger partial charge in [-0.2, -0.15) is 0 Å². The van der Waals surface area contributed by atoms with E-state index in [0.717, 1.165) is 12.5 Å². The van der Waals surface area contributed by atoms with Gasteiger partial charge in [-0.3, -0.25) is 0 Å². The molecule has 0 unspecified atom stereocenters. The second-order valence-corrected chi connectivity index (χ2v) is 4.02. The molecule has 0 aliphatic heterocycles. The topological polar surface area (TPSA) is 48.1 Å². The summed E-state index contributed by atoms with van der Waals surface area (Å²) in [6.45, 7) is 3.02. The second-order valence-electron chi connectivity index (χ2n) is 4.02. The fourth-order valence-corrected chi connectivity index (χ4v) is 1.69. The molecule has 3 heteroatoms. The lowest BCUT2D eigenvalue weighted by Gasteiger charge is -2.33. The van der Waals surface area contributed by atoms with Crippen LogP contribution in [0.15, 0.2) is 18.3 Å². The molecule has 76 valence electrons. The monoisotopic (exact) mass is 192 g/mol. The molecule has 0 bridgehead atoms. The van der Waals surface area contributed by atoms with Crippen LogP contribution < -0.4 is 10.5 Å². The van der Waals surface area contributed by atoms with Crippen LogP contribution in [0.3, 0.4) is 0 Å². The molecule has 1 aromatic rings. The fourth-order valence-electron chi connectivity index (χ4n) is 1.69. The van der Waals surface area contributed by atoms with E-state index in [2.05, 4.69) is 11.9 Å². The van der Waals surface area contributed by atoms with Gasteiger partial charge in [0.1, 0.15) is 0 Å². The van der Waals surface area contributed by atoms with Crippen molar-refractivity contribution in [1.29, 1.82) is 0 Å². The van der Waals surface area contributed by atoms with Gasteiger partial charge in [-0.25, -0.2) is 4.98 Å². The van der Waals surface area contributed by atoms with Gasteiger partial charge < -0.3 is 10.5 Å². The second kappa shape index (κ2) is 3.86. The van der Waals surface area contributed by atoms with E-state index >= 15 is 0 Å². The van der Waals surface area contributed by atoms with Gasteiger partial charge >= 0.3 is 0 Å². The molecule has 2 atom stereocenters. The summed E-state index contributed by atoms with van der Waals surface area (Å²) >= 11 is 0. The van der Waals surface area contributed by atoms with Crippen LogP contribution in [0.4, 0.5) is 5.69 Å². The Bertz CT molecular complexity index is 314. The Morgan fingerprint density at radius 3 is 3.00 bits per heavy atom. The highest BCUT2D eigenvalue weighted by Crippen LogP contribution is 2.34. The van der Waals surface area contributed by atoms with E-state index in [1.165, 1.54) is 12.8 Å². The normalized spacial score (nSPS) is 25.5. The quantitative estimate of drug-likeness (QED) is 0.797. The van der Waals surface area contributed by atoms with Crippen molar-refractivity contribution in [3.05, 3.63) is 18.3 Å². The van der Waals surface area contributed by atoms with Gasteiger partial charge in [0, 0.05) is 6.20 Å². The van der Waals surface area contributed by atoms with E-state index in [1.54, 1.807) is 6.20 Å². The first kappa shape index (κ1) is 9.31. The number of hydrogen-bond donors (Lipinski definition) is 1. The van der Waals surface area contributed by atoms with Gasteiger partial charge in [-0.15, -0.1) is 0 Å². The van der Waals surface area contributed by atoms with Crippen LogP contribution >= 0.6 is 0 Å². The molecule has 1 aliphatic carbocycles. The van der Waals surface area contributed by atoms with Crippen molar-refractivity contribution >= 4 is 5.69 Å². The zero-order valence-electron chi connectivity index (χ0n) is 8.44. The van der Waals surface area contributed by atoms with Gasteiger partial charge in [0.25, 0.3) is 0 Å². The molecule has 0 radical (unpaired) electrons. The Morgan fingerprint density at radius 2 is 2.43 bits per heavy atom. The average molecular weight is 192 g/mol. The first-order valence-electron chi connectivity index (χ1n) is 5.10. The van der Waals surface area contributed by atoms with Crippen molar-refractivity contribution < 1.29 is 4.74 Å². The maximum absolute atomic E-state index is 5.71. The lowest BCUT2D eigenvalue weighted by molar-refractivity contribution is 0.114. The summed E-state index contributed by atoms with van der Waals surface area (Å²) in [5.41, 5.74) is 6.34. The summed E-state index contributed by atoms with van der Waals surface area (Å²) in [6.07, 6.45) is 4.30. The Morgan fingerprint density at radius 1 is 1.57 bits per heavy atom. The van der Waals surface area contributed by atoms with Gasteiger partial charge in [0.05, 0.1) is 12.3 Å². The number of anilines is 1. The van der Waals surface area contributed by atoms with E-state index in [9.17, 15) is 0 Å². The highest BCUT2D eigenvalue weighted by Gasteiger charge is 2.27. The SMILES string of the molecule is C[C@H]1CC[C@H]1COc1ncccc1N. The number of rotatable bonds is 3. The van der Waals surface area contributed by atoms with Crippen molar-refractivity contribution in [1.82, 2.24) is 4.98 Å². The molecule has 1 aliphatic rings. The molecule has 0 spiro atoms. The number of ether oxygens (including phenoxy) is 1. The largest absolute Gasteiger partial charge is 0.476 e. The first-order chi connectivity index (χ1) is 6.77. The number of nitrogen functional groups attached to an aromatic ring is 1. The third-order valence-electron chi connectivity index (χ3n) is 3.03. The highest BCUT2D eigenvalue weighted by molar-refractivity contribution is 5.46. The van der Waals surface area contributed by atoms with Gasteiger partial charge in [-0.1, -0.05) is 6.92 Å². The molecule has 2 rings (SSSR count). The predicted molar refractivity (Wildman–Crippen MR) is 56.0 cm³/mol. The standard InChI is InChI=1S/C11H16N2O/c1-8-4-5-9(8)7-14-11-10(12)3-2-6-13-11/h2-3,6,8-9H,4-5,7,12H2,1H3/t8-,9-/m0/s1. The fraction of sp³-hybridized carbons (Fsp3) is 0.545. The van der Waals surface area contributed by atoms with Gasteiger partial charge in [-0.05, 0) is 36.8 Å². The van der Waals surface area contributed by atoms with Crippen LogP contribution in [0.2, 0.25) is 0 Å². The Kier molecular flexibility index (Phi) is 2.57. The predicted octanol–water partition coefficient (Wildman–Crippen LogP) is 2.09. The molecular weight excluding hydrogens is 176 g/mol. The Hall–Kier alpha value is -1.25. The molecule has 0 amide bonds. The Balaban J connectivity index is 1.88. The van der Waals surface area contributed by atoms with Crippen LogP contribution in [0.5, 0.6) is 5.88 Å². The van der Waals surface area contributed by atoms with Crippen molar-refractivity contribution in [2.24, 2.45) is 11.8 Å². The average Bonchev–Trinajstić information content (AvgIpc) is 2.19. The van der Waals surface area contributed by atoms with Gasteiger partial charge in [0.15, 0.2) is 0 Å². The summed E-state index contributed by atoms with van der Waals surface area (Å²) in [6, 6.07) is 3.63. The summed E-state index contributed by atoms with van der Waals surface area (Å²) in [5, 5.41) is 0. The molecular formula is C11H16N2O. The van der Waals surface area contributed by atoms with E-state index < -0.39 is 0 Å². The molecule has 0 aromatic carbocycles. The molecule has 2 N–H and O–H groups in total. The number of nitrogens with two attached hydrogens (primary N) is 1. The van der Waals surface area contributed by atoms with E-state index in [4.69, 9.17) is 10.5 Å². The molecule has 1 heterocycles. The first-order valence-corrected chi connectivity index (χ1v) is 5.10. The Labute approximate surface area is 84.3 Å². The van der Waals surface area contributed by atoms with Crippen LogP contribution in [0, 0.1) is 11.8 Å². The van der Waals surface area contributed by atoms with Crippen LogP contribution in [0.1, 0.15) is 19.8 Å². The zero-order valence-corrected chi connectivity index (χ0v) is 8.44. The number of nitrogens with zero attached hydrogens (tertiary/aromatic N) is 1. The van der Waals surface area contributed by atoms with E-state index in [1.807, 2.05) is 12.1 Å². The minimum absolute atomic E-state index is 0.576. The summed E-state index contributed by atoms with van der Waals surface area (Å²) in [7, 11) is 0. The van der Waals surface area contributed by atoms with Crippen molar-refractivity contribution in [2.75, 3.05) is 12.3 Å². The van der Waals surface area contributed by atoms with Crippen molar-refractivity contribution in [3.8, 4) is 5.88 Å². The van der Waals surface area contributed by atoms with E-state index in [0.29, 0.717) is 17.5 Å². The number of aromatic nitrogens is 1.